The van der Waals surface area contributed by atoms with Crippen LogP contribution in [-0.4, -0.2) is 26.9 Å². The van der Waals surface area contributed by atoms with E-state index in [-0.39, 0.29) is 11.7 Å². The van der Waals surface area contributed by atoms with Crippen molar-refractivity contribution in [2.45, 2.75) is 6.92 Å². The summed E-state index contributed by atoms with van der Waals surface area (Å²) in [5.41, 5.74) is 3.11. The van der Waals surface area contributed by atoms with Crippen molar-refractivity contribution in [3.63, 3.8) is 0 Å². The lowest BCUT2D eigenvalue weighted by molar-refractivity contribution is 0.101. The summed E-state index contributed by atoms with van der Waals surface area (Å²) >= 11 is 0. The van der Waals surface area contributed by atoms with Crippen molar-refractivity contribution in [2.75, 3.05) is 5.32 Å². The van der Waals surface area contributed by atoms with Gasteiger partial charge in [0.15, 0.2) is 5.78 Å². The summed E-state index contributed by atoms with van der Waals surface area (Å²) in [7, 11) is 0. The average molecular weight is 306 g/mol. The Hall–Kier alpha value is -3.28. The van der Waals surface area contributed by atoms with Gasteiger partial charge in [-0.3, -0.25) is 19.7 Å². The first-order chi connectivity index (χ1) is 11.1. The number of carbonyl (C=O) groups is 2. The fourth-order valence-electron chi connectivity index (χ4n) is 2.10. The number of hydrogen-bond donors (Lipinski definition) is 2. The van der Waals surface area contributed by atoms with E-state index in [2.05, 4.69) is 20.5 Å². The van der Waals surface area contributed by atoms with Gasteiger partial charge in [-0.1, -0.05) is 0 Å². The quantitative estimate of drug-likeness (QED) is 0.725. The zero-order valence-corrected chi connectivity index (χ0v) is 12.4. The number of ketones is 1. The number of aromatic nitrogens is 3. The normalized spacial score (nSPS) is 10.3. The lowest BCUT2D eigenvalue weighted by Gasteiger charge is -2.03. The summed E-state index contributed by atoms with van der Waals surface area (Å²) in [5, 5.41) is 9.60. The number of hydrogen-bond acceptors (Lipinski definition) is 4. The second kappa shape index (κ2) is 6.23. The first kappa shape index (κ1) is 14.6. The van der Waals surface area contributed by atoms with Crippen LogP contribution in [0.5, 0.6) is 0 Å². The number of amides is 1. The first-order valence-electron chi connectivity index (χ1n) is 7.01. The number of aromatic amines is 1. The Morgan fingerprint density at radius 1 is 1.04 bits per heavy atom. The highest BCUT2D eigenvalue weighted by Crippen LogP contribution is 2.17. The molecule has 0 saturated heterocycles. The molecule has 0 spiro atoms. The highest BCUT2D eigenvalue weighted by atomic mass is 16.2. The highest BCUT2D eigenvalue weighted by Gasteiger charge is 2.11. The van der Waals surface area contributed by atoms with Crippen LogP contribution in [0, 0.1) is 0 Å². The maximum absolute atomic E-state index is 12.2. The second-order valence-electron chi connectivity index (χ2n) is 4.99. The minimum Gasteiger partial charge on any atom is -0.321 e. The van der Waals surface area contributed by atoms with Gasteiger partial charge in [-0.05, 0) is 49.4 Å². The van der Waals surface area contributed by atoms with E-state index < -0.39 is 0 Å². The van der Waals surface area contributed by atoms with E-state index in [1.165, 1.54) is 6.92 Å². The van der Waals surface area contributed by atoms with E-state index in [0.717, 1.165) is 5.56 Å². The van der Waals surface area contributed by atoms with Gasteiger partial charge in [0.1, 0.15) is 5.69 Å². The lowest BCUT2D eigenvalue weighted by Crippen LogP contribution is -2.12. The molecule has 0 saturated carbocycles. The summed E-state index contributed by atoms with van der Waals surface area (Å²) in [6.45, 7) is 1.50. The number of pyridine rings is 1. The number of nitrogens with one attached hydrogen (secondary N) is 2. The van der Waals surface area contributed by atoms with Crippen molar-refractivity contribution in [3.05, 3.63) is 66.1 Å². The van der Waals surface area contributed by atoms with Crippen molar-refractivity contribution in [3.8, 4) is 11.3 Å². The third-order valence-electron chi connectivity index (χ3n) is 3.35. The Morgan fingerprint density at radius 3 is 2.39 bits per heavy atom. The van der Waals surface area contributed by atoms with Crippen LogP contribution in [0.3, 0.4) is 0 Å². The number of nitrogens with zero attached hydrogens (tertiary/aromatic N) is 2. The van der Waals surface area contributed by atoms with Gasteiger partial charge in [0.25, 0.3) is 5.91 Å². The number of Topliss-reactive ketones (excluding diaryl/α,β-unsaturated/α-hetero) is 1. The Balaban J connectivity index is 1.74. The molecule has 3 rings (SSSR count). The molecule has 0 aliphatic heterocycles. The summed E-state index contributed by atoms with van der Waals surface area (Å²) in [6, 6.07) is 12.0. The van der Waals surface area contributed by atoms with Crippen LogP contribution in [0.1, 0.15) is 27.8 Å². The number of anilines is 1. The molecule has 2 N–H and O–H groups in total. The van der Waals surface area contributed by atoms with E-state index in [1.807, 2.05) is 12.1 Å². The molecule has 23 heavy (non-hydrogen) atoms. The van der Waals surface area contributed by atoms with Crippen LogP contribution in [0.25, 0.3) is 11.3 Å². The first-order valence-corrected chi connectivity index (χ1v) is 7.01. The van der Waals surface area contributed by atoms with Gasteiger partial charge in [0.2, 0.25) is 0 Å². The van der Waals surface area contributed by atoms with Crippen LogP contribution in [0.4, 0.5) is 5.69 Å². The van der Waals surface area contributed by atoms with Crippen LogP contribution in [0.2, 0.25) is 0 Å². The number of rotatable bonds is 4. The summed E-state index contributed by atoms with van der Waals surface area (Å²) in [6.07, 6.45) is 3.33. The molecule has 0 aliphatic rings. The molecule has 0 radical (unpaired) electrons. The molecule has 0 aliphatic carbocycles. The summed E-state index contributed by atoms with van der Waals surface area (Å²) < 4.78 is 0. The van der Waals surface area contributed by atoms with Gasteiger partial charge in [0, 0.05) is 29.2 Å². The number of H-pyrrole nitrogens is 1. The van der Waals surface area contributed by atoms with Crippen molar-refractivity contribution in [1.29, 1.82) is 0 Å². The Bertz CT molecular complexity index is 839. The van der Waals surface area contributed by atoms with Crippen LogP contribution >= 0.6 is 0 Å². The zero-order chi connectivity index (χ0) is 16.2. The van der Waals surface area contributed by atoms with E-state index >= 15 is 0 Å². The zero-order valence-electron chi connectivity index (χ0n) is 12.4. The maximum atomic E-state index is 12.2. The molecule has 0 fully saturated rings. The van der Waals surface area contributed by atoms with Crippen molar-refractivity contribution in [2.24, 2.45) is 0 Å². The second-order valence-corrected chi connectivity index (χ2v) is 4.99. The smallest absolute Gasteiger partial charge is 0.273 e. The molecule has 6 heteroatoms. The highest BCUT2D eigenvalue weighted by molar-refractivity contribution is 6.03. The molecule has 0 atom stereocenters. The fourth-order valence-corrected chi connectivity index (χ4v) is 2.10. The molecule has 1 aromatic carbocycles. The Kier molecular flexibility index (Phi) is 3.97. The molecule has 0 unspecified atom stereocenters. The molecule has 3 aromatic rings. The van der Waals surface area contributed by atoms with Gasteiger partial charge >= 0.3 is 0 Å². The molecular formula is C17H14N4O2. The van der Waals surface area contributed by atoms with E-state index in [0.29, 0.717) is 22.6 Å². The SMILES string of the molecule is CC(=O)c1ccc(NC(=O)c2cc(-c3ccncc3)n[nH]2)cc1. The molecular weight excluding hydrogens is 292 g/mol. The third kappa shape index (κ3) is 3.32. The molecule has 6 nitrogen and oxygen atoms in total. The van der Waals surface area contributed by atoms with E-state index in [4.69, 9.17) is 0 Å². The minimum atomic E-state index is -0.298. The van der Waals surface area contributed by atoms with Crippen LogP contribution < -0.4 is 5.32 Å². The summed E-state index contributed by atoms with van der Waals surface area (Å²) in [4.78, 5) is 27.4. The van der Waals surface area contributed by atoms with Crippen LogP contribution in [0.15, 0.2) is 54.9 Å². The van der Waals surface area contributed by atoms with E-state index in [9.17, 15) is 9.59 Å². The van der Waals surface area contributed by atoms with Crippen molar-refractivity contribution >= 4 is 17.4 Å². The monoisotopic (exact) mass is 306 g/mol. The predicted octanol–water partition coefficient (Wildman–Crippen LogP) is 2.93. The fraction of sp³-hybridized carbons (Fsp3) is 0.0588. The molecule has 0 bridgehead atoms. The van der Waals surface area contributed by atoms with Crippen LogP contribution in [-0.2, 0) is 0 Å². The van der Waals surface area contributed by atoms with Gasteiger partial charge in [0.05, 0.1) is 5.69 Å². The molecule has 114 valence electrons. The molecule has 1 amide bonds. The largest absolute Gasteiger partial charge is 0.321 e. The van der Waals surface area contributed by atoms with Crippen molar-refractivity contribution in [1.82, 2.24) is 15.2 Å². The Labute approximate surface area is 132 Å². The number of carbonyl (C=O) groups excluding carboxylic acids is 2. The minimum absolute atomic E-state index is 0.0153. The van der Waals surface area contributed by atoms with Gasteiger partial charge in [-0.25, -0.2) is 0 Å². The van der Waals surface area contributed by atoms with Crippen molar-refractivity contribution < 1.29 is 9.59 Å². The van der Waals surface area contributed by atoms with E-state index in [1.54, 1.807) is 42.7 Å². The Morgan fingerprint density at radius 2 is 1.74 bits per heavy atom. The molecule has 2 heterocycles. The van der Waals surface area contributed by atoms with Gasteiger partial charge in [-0.2, -0.15) is 5.10 Å². The number of benzene rings is 1. The third-order valence-corrected chi connectivity index (χ3v) is 3.35. The topological polar surface area (TPSA) is 87.7 Å². The van der Waals surface area contributed by atoms with Gasteiger partial charge < -0.3 is 5.32 Å². The standard InChI is InChI=1S/C17H14N4O2/c1-11(22)12-2-4-14(5-3-12)19-17(23)16-10-15(20-21-16)13-6-8-18-9-7-13/h2-10H,1H3,(H,19,23)(H,20,21). The van der Waals surface area contributed by atoms with Gasteiger partial charge in [-0.15, -0.1) is 0 Å². The predicted molar refractivity (Wildman–Crippen MR) is 86.2 cm³/mol. The lowest BCUT2D eigenvalue weighted by atomic mass is 10.1. The maximum Gasteiger partial charge on any atom is 0.273 e. The average Bonchev–Trinajstić information content (AvgIpc) is 3.06. The molecule has 2 aromatic heterocycles. The summed E-state index contributed by atoms with van der Waals surface area (Å²) in [5.74, 6) is -0.313.